The second kappa shape index (κ2) is 7.72. The molecule has 0 amide bonds. The van der Waals surface area contributed by atoms with Crippen molar-refractivity contribution in [3.05, 3.63) is 36.0 Å². The summed E-state index contributed by atoms with van der Waals surface area (Å²) in [4.78, 5) is 4.55. The average molecular weight is 388 g/mol. The van der Waals surface area contributed by atoms with E-state index in [4.69, 9.17) is 9.26 Å². The highest BCUT2D eigenvalue weighted by Crippen LogP contribution is 2.35. The van der Waals surface area contributed by atoms with Crippen molar-refractivity contribution in [2.24, 2.45) is 0 Å². The minimum Gasteiger partial charge on any atom is -0.497 e. The van der Waals surface area contributed by atoms with Gasteiger partial charge in [-0.2, -0.15) is 4.98 Å². The maximum absolute atomic E-state index is 5.46. The molecule has 0 fully saturated rings. The van der Waals surface area contributed by atoms with Crippen molar-refractivity contribution in [3.8, 4) is 17.1 Å². The summed E-state index contributed by atoms with van der Waals surface area (Å²) in [5, 5.41) is 13.7. The fourth-order valence-electron chi connectivity index (χ4n) is 2.53. The lowest BCUT2D eigenvalue weighted by Gasteiger charge is -2.11. The number of ether oxygens (including phenoxy) is 1. The lowest BCUT2D eigenvalue weighted by atomic mass is 9.96. The predicted octanol–water partition coefficient (Wildman–Crippen LogP) is 4.51. The third-order valence-electron chi connectivity index (χ3n) is 4.12. The van der Waals surface area contributed by atoms with Crippen molar-refractivity contribution >= 4 is 11.8 Å². The summed E-state index contributed by atoms with van der Waals surface area (Å²) in [7, 11) is 1.66. The van der Waals surface area contributed by atoms with Gasteiger partial charge in [-0.25, -0.2) is 0 Å². The molecule has 2 aromatic heterocycles. The summed E-state index contributed by atoms with van der Waals surface area (Å²) in [5.74, 6) is 2.95. The van der Waals surface area contributed by atoms with Gasteiger partial charge >= 0.3 is 0 Å². The van der Waals surface area contributed by atoms with Crippen LogP contribution in [0.4, 0.5) is 0 Å². The molecule has 0 spiro atoms. The molecular formula is C19H25N5O2S. The number of benzene rings is 1. The van der Waals surface area contributed by atoms with Gasteiger partial charge in [-0.1, -0.05) is 37.7 Å². The fraction of sp³-hybridized carbons (Fsp3) is 0.474. The van der Waals surface area contributed by atoms with Gasteiger partial charge in [0, 0.05) is 17.5 Å². The Bertz CT molecular complexity index is 896. The number of thioether (sulfide) groups is 1. The second-order valence-corrected chi connectivity index (χ2v) is 8.55. The number of methoxy groups -OCH3 is 1. The standard InChI is InChI=1S/C19H25N5O2S/c1-7-24-15(13-8-10-14(25-6)11-9-13)21-22-18(24)27-12(2)16-20-17(23-26-16)19(3,4)5/h8-12H,7H2,1-6H3/t12-/m0/s1. The van der Waals surface area contributed by atoms with Crippen LogP contribution < -0.4 is 4.74 Å². The summed E-state index contributed by atoms with van der Waals surface area (Å²) < 4.78 is 12.8. The van der Waals surface area contributed by atoms with Crippen LogP contribution in [-0.4, -0.2) is 32.0 Å². The van der Waals surface area contributed by atoms with Crippen molar-refractivity contribution in [2.75, 3.05) is 7.11 Å². The Morgan fingerprint density at radius 3 is 2.44 bits per heavy atom. The highest BCUT2D eigenvalue weighted by atomic mass is 32.2. The lowest BCUT2D eigenvalue weighted by Crippen LogP contribution is -2.13. The Balaban J connectivity index is 1.83. The largest absolute Gasteiger partial charge is 0.497 e. The molecule has 27 heavy (non-hydrogen) atoms. The highest BCUT2D eigenvalue weighted by molar-refractivity contribution is 7.99. The molecule has 3 aromatic rings. The van der Waals surface area contributed by atoms with Gasteiger partial charge in [-0.15, -0.1) is 10.2 Å². The van der Waals surface area contributed by atoms with Gasteiger partial charge in [0.05, 0.1) is 12.4 Å². The number of hydrogen-bond acceptors (Lipinski definition) is 7. The van der Waals surface area contributed by atoms with Crippen LogP contribution in [-0.2, 0) is 12.0 Å². The van der Waals surface area contributed by atoms with E-state index in [0.717, 1.165) is 28.8 Å². The van der Waals surface area contributed by atoms with E-state index in [9.17, 15) is 0 Å². The van der Waals surface area contributed by atoms with Crippen LogP contribution in [0.3, 0.4) is 0 Å². The molecule has 3 rings (SSSR count). The van der Waals surface area contributed by atoms with Crippen molar-refractivity contribution in [1.29, 1.82) is 0 Å². The maximum atomic E-state index is 5.46. The van der Waals surface area contributed by atoms with Crippen LogP contribution in [0.5, 0.6) is 5.75 Å². The number of hydrogen-bond donors (Lipinski definition) is 0. The highest BCUT2D eigenvalue weighted by Gasteiger charge is 2.25. The molecule has 0 aliphatic carbocycles. The normalized spacial score (nSPS) is 13.0. The van der Waals surface area contributed by atoms with E-state index < -0.39 is 0 Å². The van der Waals surface area contributed by atoms with E-state index in [0.29, 0.717) is 11.7 Å². The summed E-state index contributed by atoms with van der Waals surface area (Å²) in [6.07, 6.45) is 0. The van der Waals surface area contributed by atoms with E-state index in [1.165, 1.54) is 0 Å². The molecule has 0 aliphatic heterocycles. The van der Waals surface area contributed by atoms with Crippen LogP contribution in [0.25, 0.3) is 11.4 Å². The molecule has 1 aromatic carbocycles. The Hall–Kier alpha value is -2.35. The topological polar surface area (TPSA) is 78.9 Å². The molecule has 7 nitrogen and oxygen atoms in total. The molecule has 144 valence electrons. The molecule has 0 bridgehead atoms. The monoisotopic (exact) mass is 387 g/mol. The van der Waals surface area contributed by atoms with Crippen LogP contribution in [0.1, 0.15) is 51.6 Å². The van der Waals surface area contributed by atoms with Crippen molar-refractivity contribution < 1.29 is 9.26 Å². The number of rotatable bonds is 6. The van der Waals surface area contributed by atoms with E-state index in [-0.39, 0.29) is 10.7 Å². The van der Waals surface area contributed by atoms with Crippen molar-refractivity contribution in [1.82, 2.24) is 24.9 Å². The van der Waals surface area contributed by atoms with Crippen LogP contribution >= 0.6 is 11.8 Å². The minimum atomic E-state index is -0.142. The van der Waals surface area contributed by atoms with Gasteiger partial charge in [0.1, 0.15) is 5.75 Å². The zero-order valence-electron chi connectivity index (χ0n) is 16.6. The van der Waals surface area contributed by atoms with Crippen molar-refractivity contribution in [2.45, 2.75) is 57.0 Å². The van der Waals surface area contributed by atoms with E-state index in [2.05, 4.69) is 52.6 Å². The lowest BCUT2D eigenvalue weighted by molar-refractivity contribution is 0.364. The molecule has 0 aliphatic rings. The zero-order chi connectivity index (χ0) is 19.6. The molecule has 0 radical (unpaired) electrons. The van der Waals surface area contributed by atoms with E-state index >= 15 is 0 Å². The first-order valence-electron chi connectivity index (χ1n) is 8.91. The maximum Gasteiger partial charge on any atom is 0.239 e. The number of nitrogens with zero attached hydrogens (tertiary/aromatic N) is 5. The molecule has 0 saturated heterocycles. The van der Waals surface area contributed by atoms with Crippen LogP contribution in [0.15, 0.2) is 33.9 Å². The summed E-state index contributed by atoms with van der Waals surface area (Å²) in [5.41, 5.74) is 0.856. The average Bonchev–Trinajstić information content (AvgIpc) is 3.28. The third-order valence-corrected chi connectivity index (χ3v) is 5.19. The van der Waals surface area contributed by atoms with Gasteiger partial charge < -0.3 is 13.8 Å². The van der Waals surface area contributed by atoms with Crippen LogP contribution in [0, 0.1) is 0 Å². The first-order chi connectivity index (χ1) is 12.8. The Morgan fingerprint density at radius 1 is 1.19 bits per heavy atom. The Labute approximate surface area is 163 Å². The fourth-order valence-corrected chi connectivity index (χ4v) is 3.47. The summed E-state index contributed by atoms with van der Waals surface area (Å²) >= 11 is 1.56. The predicted molar refractivity (Wildman–Crippen MR) is 105 cm³/mol. The van der Waals surface area contributed by atoms with E-state index in [1.807, 2.05) is 31.2 Å². The third kappa shape index (κ3) is 4.16. The molecule has 0 unspecified atom stereocenters. The molecule has 0 N–H and O–H groups in total. The molecule has 8 heteroatoms. The smallest absolute Gasteiger partial charge is 0.239 e. The first-order valence-corrected chi connectivity index (χ1v) is 9.79. The quantitative estimate of drug-likeness (QED) is 0.576. The van der Waals surface area contributed by atoms with Gasteiger partial charge in [0.15, 0.2) is 16.8 Å². The molecular weight excluding hydrogens is 362 g/mol. The zero-order valence-corrected chi connectivity index (χ0v) is 17.4. The SMILES string of the molecule is CCn1c(S[C@@H](C)c2nc(C(C)(C)C)no2)nnc1-c1ccc(OC)cc1. The summed E-state index contributed by atoms with van der Waals surface area (Å²) in [6, 6.07) is 7.82. The van der Waals surface area contributed by atoms with E-state index in [1.54, 1.807) is 18.9 Å². The minimum absolute atomic E-state index is 0.0215. The number of aromatic nitrogens is 5. The first kappa shape index (κ1) is 19.4. The molecule has 2 heterocycles. The van der Waals surface area contributed by atoms with Gasteiger partial charge in [-0.05, 0) is 38.1 Å². The summed E-state index contributed by atoms with van der Waals surface area (Å²) in [6.45, 7) is 11.1. The molecule has 0 saturated carbocycles. The van der Waals surface area contributed by atoms with Gasteiger partial charge in [-0.3, -0.25) is 0 Å². The van der Waals surface area contributed by atoms with Crippen molar-refractivity contribution in [3.63, 3.8) is 0 Å². The van der Waals surface area contributed by atoms with Gasteiger partial charge in [0.25, 0.3) is 0 Å². The van der Waals surface area contributed by atoms with Gasteiger partial charge in [0.2, 0.25) is 5.89 Å². The van der Waals surface area contributed by atoms with Crippen LogP contribution in [0.2, 0.25) is 0 Å². The Morgan fingerprint density at radius 2 is 1.89 bits per heavy atom. The molecule has 1 atom stereocenters. The Kier molecular flexibility index (Phi) is 5.55. The second-order valence-electron chi connectivity index (χ2n) is 7.25.